The minimum Gasteiger partial charge on any atom is -0.492 e. The maximum absolute atomic E-state index is 12.4. The van der Waals surface area contributed by atoms with Gasteiger partial charge in [-0.3, -0.25) is 9.69 Å². The summed E-state index contributed by atoms with van der Waals surface area (Å²) in [6.07, 6.45) is 1.82. The maximum atomic E-state index is 12.4. The summed E-state index contributed by atoms with van der Waals surface area (Å²) in [6, 6.07) is 15.9. The Morgan fingerprint density at radius 3 is 2.44 bits per heavy atom. The van der Waals surface area contributed by atoms with Gasteiger partial charge in [0.25, 0.3) is 0 Å². The second-order valence-corrected chi connectivity index (χ2v) is 7.57. The normalized spacial score (nSPS) is 15.5. The summed E-state index contributed by atoms with van der Waals surface area (Å²) in [7, 11) is 0. The molecule has 1 fully saturated rings. The fourth-order valence-electron chi connectivity index (χ4n) is 3.32. The molecule has 0 aliphatic carbocycles. The molecule has 1 saturated heterocycles. The Balaban J connectivity index is 1.33. The maximum Gasteiger partial charge on any atom is 0.223 e. The number of aryl methyl sites for hydroxylation is 1. The van der Waals surface area contributed by atoms with E-state index in [2.05, 4.69) is 41.4 Å². The van der Waals surface area contributed by atoms with Crippen LogP contribution in [-0.2, 0) is 11.3 Å². The highest BCUT2D eigenvalue weighted by atomic mass is 35.5. The molecule has 0 aromatic heterocycles. The zero-order valence-electron chi connectivity index (χ0n) is 15.8. The first-order chi connectivity index (χ1) is 13.1. The molecule has 3 rings (SSSR count). The lowest BCUT2D eigenvalue weighted by Crippen LogP contribution is -2.41. The monoisotopic (exact) mass is 386 g/mol. The number of ether oxygens (including phenoxy) is 1. The minimum absolute atomic E-state index is 0.106. The number of piperidine rings is 1. The number of carbonyl (C=O) groups is 1. The quantitative estimate of drug-likeness (QED) is 0.730. The summed E-state index contributed by atoms with van der Waals surface area (Å²) in [5.41, 5.74) is 2.62. The zero-order chi connectivity index (χ0) is 19.1. The van der Waals surface area contributed by atoms with Gasteiger partial charge in [-0.25, -0.2) is 0 Å². The van der Waals surface area contributed by atoms with Gasteiger partial charge in [0.2, 0.25) is 5.91 Å². The molecule has 1 N–H and O–H groups in total. The number of benzene rings is 2. The zero-order valence-corrected chi connectivity index (χ0v) is 16.5. The molecular formula is C22H27ClN2O2. The van der Waals surface area contributed by atoms with Crippen LogP contribution >= 0.6 is 11.6 Å². The molecule has 5 heteroatoms. The lowest BCUT2D eigenvalue weighted by Gasteiger charge is -2.31. The van der Waals surface area contributed by atoms with Crippen LogP contribution in [0, 0.1) is 12.8 Å². The van der Waals surface area contributed by atoms with Crippen LogP contribution in [0.15, 0.2) is 48.5 Å². The van der Waals surface area contributed by atoms with E-state index in [-0.39, 0.29) is 11.8 Å². The predicted molar refractivity (Wildman–Crippen MR) is 109 cm³/mol. The molecule has 4 nitrogen and oxygen atoms in total. The summed E-state index contributed by atoms with van der Waals surface area (Å²) < 4.78 is 5.61. The minimum atomic E-state index is 0.106. The van der Waals surface area contributed by atoms with Gasteiger partial charge in [-0.05, 0) is 62.7 Å². The van der Waals surface area contributed by atoms with Crippen molar-refractivity contribution in [1.29, 1.82) is 0 Å². The van der Waals surface area contributed by atoms with Gasteiger partial charge in [-0.2, -0.15) is 0 Å². The molecular weight excluding hydrogens is 360 g/mol. The van der Waals surface area contributed by atoms with E-state index < -0.39 is 0 Å². The molecule has 0 atom stereocenters. The molecule has 0 radical (unpaired) electrons. The van der Waals surface area contributed by atoms with Crippen LogP contribution in [0.1, 0.15) is 24.0 Å². The Bertz CT molecular complexity index is 723. The smallest absolute Gasteiger partial charge is 0.223 e. The predicted octanol–water partition coefficient (Wildman–Crippen LogP) is 4.06. The third-order valence-electron chi connectivity index (χ3n) is 4.97. The lowest BCUT2D eigenvalue weighted by atomic mass is 9.95. The van der Waals surface area contributed by atoms with Gasteiger partial charge in [0.05, 0.1) is 6.54 Å². The van der Waals surface area contributed by atoms with Crippen molar-refractivity contribution in [3.63, 3.8) is 0 Å². The first-order valence-electron chi connectivity index (χ1n) is 9.54. The highest BCUT2D eigenvalue weighted by Gasteiger charge is 2.24. The summed E-state index contributed by atoms with van der Waals surface area (Å²) >= 11 is 5.85. The molecule has 1 heterocycles. The molecule has 144 valence electrons. The molecule has 0 spiro atoms. The average Bonchev–Trinajstić information content (AvgIpc) is 2.69. The largest absolute Gasteiger partial charge is 0.492 e. The molecule has 0 unspecified atom stereocenters. The molecule has 0 saturated carbocycles. The number of nitrogens with zero attached hydrogens (tertiary/aromatic N) is 1. The fraction of sp³-hybridized carbons (Fsp3) is 0.409. The Kier molecular flexibility index (Phi) is 7.13. The number of carbonyl (C=O) groups excluding carboxylic acids is 1. The summed E-state index contributed by atoms with van der Waals surface area (Å²) in [5.74, 6) is 1.01. The van der Waals surface area contributed by atoms with Gasteiger partial charge < -0.3 is 10.1 Å². The SMILES string of the molecule is Cc1ccc(CN2CCC(C(=O)NCCOc3ccc(Cl)cc3)CC2)cc1. The molecule has 0 bridgehead atoms. The van der Waals surface area contributed by atoms with E-state index in [1.165, 1.54) is 11.1 Å². The van der Waals surface area contributed by atoms with Crippen molar-refractivity contribution in [3.05, 3.63) is 64.7 Å². The summed E-state index contributed by atoms with van der Waals surface area (Å²) in [5, 5.41) is 3.68. The fourth-order valence-corrected chi connectivity index (χ4v) is 3.45. The van der Waals surface area contributed by atoms with Gasteiger partial charge in [-0.1, -0.05) is 41.4 Å². The van der Waals surface area contributed by atoms with Gasteiger partial charge in [0.1, 0.15) is 12.4 Å². The number of likely N-dealkylation sites (tertiary alicyclic amines) is 1. The van der Waals surface area contributed by atoms with Crippen LogP contribution in [0.3, 0.4) is 0 Å². The van der Waals surface area contributed by atoms with E-state index in [4.69, 9.17) is 16.3 Å². The summed E-state index contributed by atoms with van der Waals surface area (Å²) in [4.78, 5) is 14.8. The van der Waals surface area contributed by atoms with E-state index in [0.717, 1.165) is 38.2 Å². The number of hydrogen-bond acceptors (Lipinski definition) is 3. The molecule has 1 aliphatic heterocycles. The number of hydrogen-bond donors (Lipinski definition) is 1. The van der Waals surface area contributed by atoms with E-state index in [0.29, 0.717) is 18.2 Å². The lowest BCUT2D eigenvalue weighted by molar-refractivity contribution is -0.126. The van der Waals surface area contributed by atoms with Crippen molar-refractivity contribution in [2.45, 2.75) is 26.3 Å². The van der Waals surface area contributed by atoms with Gasteiger partial charge in [0, 0.05) is 17.5 Å². The van der Waals surface area contributed by atoms with E-state index in [1.54, 1.807) is 12.1 Å². The van der Waals surface area contributed by atoms with Crippen molar-refractivity contribution in [1.82, 2.24) is 10.2 Å². The highest BCUT2D eigenvalue weighted by Crippen LogP contribution is 2.19. The number of halogens is 1. The topological polar surface area (TPSA) is 41.6 Å². The highest BCUT2D eigenvalue weighted by molar-refractivity contribution is 6.30. The average molecular weight is 387 g/mol. The van der Waals surface area contributed by atoms with E-state index in [1.807, 2.05) is 12.1 Å². The van der Waals surface area contributed by atoms with Crippen LogP contribution in [0.4, 0.5) is 0 Å². The van der Waals surface area contributed by atoms with Gasteiger partial charge in [-0.15, -0.1) is 0 Å². The van der Waals surface area contributed by atoms with E-state index in [9.17, 15) is 4.79 Å². The Morgan fingerprint density at radius 2 is 1.78 bits per heavy atom. The molecule has 2 aromatic carbocycles. The first-order valence-corrected chi connectivity index (χ1v) is 9.92. The van der Waals surface area contributed by atoms with Crippen molar-refractivity contribution in [2.75, 3.05) is 26.2 Å². The van der Waals surface area contributed by atoms with Crippen molar-refractivity contribution < 1.29 is 9.53 Å². The molecule has 2 aromatic rings. The molecule has 1 amide bonds. The Morgan fingerprint density at radius 1 is 1.11 bits per heavy atom. The number of nitrogens with one attached hydrogen (secondary N) is 1. The van der Waals surface area contributed by atoms with Crippen LogP contribution < -0.4 is 10.1 Å². The van der Waals surface area contributed by atoms with Gasteiger partial charge in [0.15, 0.2) is 0 Å². The van der Waals surface area contributed by atoms with Crippen LogP contribution in [0.2, 0.25) is 5.02 Å². The second kappa shape index (κ2) is 9.77. The second-order valence-electron chi connectivity index (χ2n) is 7.13. The van der Waals surface area contributed by atoms with Crippen molar-refractivity contribution in [3.8, 4) is 5.75 Å². The summed E-state index contributed by atoms with van der Waals surface area (Å²) in [6.45, 7) is 5.98. The van der Waals surface area contributed by atoms with E-state index >= 15 is 0 Å². The van der Waals surface area contributed by atoms with Gasteiger partial charge >= 0.3 is 0 Å². The third-order valence-corrected chi connectivity index (χ3v) is 5.22. The third kappa shape index (κ3) is 6.26. The van der Waals surface area contributed by atoms with Crippen LogP contribution in [0.5, 0.6) is 5.75 Å². The number of amides is 1. The Hall–Kier alpha value is -2.04. The molecule has 1 aliphatic rings. The van der Waals surface area contributed by atoms with Crippen molar-refractivity contribution in [2.24, 2.45) is 5.92 Å². The van der Waals surface area contributed by atoms with Crippen molar-refractivity contribution >= 4 is 17.5 Å². The molecule has 27 heavy (non-hydrogen) atoms. The number of rotatable bonds is 7. The van der Waals surface area contributed by atoms with Crippen LogP contribution in [0.25, 0.3) is 0 Å². The Labute approximate surface area is 166 Å². The standard InChI is InChI=1S/C22H27ClN2O2/c1-17-2-4-18(5-3-17)16-25-13-10-19(11-14-25)22(26)24-12-15-27-21-8-6-20(23)7-9-21/h2-9,19H,10-16H2,1H3,(H,24,26). The van der Waals surface area contributed by atoms with Crippen LogP contribution in [-0.4, -0.2) is 37.0 Å². The first kappa shape index (κ1) is 19.7.